The molecule has 2 nitrogen and oxygen atoms in total. The highest BCUT2D eigenvalue weighted by Crippen LogP contribution is 2.17. The lowest BCUT2D eigenvalue weighted by Gasteiger charge is -2.08. The number of aliphatic hydroxyl groups excluding tert-OH is 1. The number of ketones is 1. The van der Waals surface area contributed by atoms with Gasteiger partial charge in [-0.1, -0.05) is 61.5 Å². The van der Waals surface area contributed by atoms with Crippen molar-refractivity contribution in [3.05, 3.63) is 71.3 Å². The molecule has 0 saturated heterocycles. The predicted molar refractivity (Wildman–Crippen MR) is 71.8 cm³/mol. The summed E-state index contributed by atoms with van der Waals surface area (Å²) in [5, 5.41) is 9.08. The lowest BCUT2D eigenvalue weighted by molar-refractivity contribution is 0.103. The zero-order valence-electron chi connectivity index (χ0n) is 10.3. The van der Waals surface area contributed by atoms with Gasteiger partial charge in [0.2, 0.25) is 0 Å². The van der Waals surface area contributed by atoms with Gasteiger partial charge in [-0.25, -0.2) is 0 Å². The van der Waals surface area contributed by atoms with E-state index in [1.807, 2.05) is 61.5 Å². The van der Waals surface area contributed by atoms with Gasteiger partial charge in [0, 0.05) is 23.7 Å². The van der Waals surface area contributed by atoms with Gasteiger partial charge in [-0.05, 0) is 5.56 Å². The van der Waals surface area contributed by atoms with Crippen LogP contribution in [0.2, 0.25) is 0 Å². The van der Waals surface area contributed by atoms with Gasteiger partial charge in [0.1, 0.15) is 0 Å². The summed E-state index contributed by atoms with van der Waals surface area (Å²) < 4.78 is 0. The molecule has 0 fully saturated rings. The number of hydrogen-bond acceptors (Lipinski definition) is 2. The first-order chi connectivity index (χ1) is 8.72. The Kier molecular flexibility index (Phi) is 3.90. The number of rotatable bonds is 4. The zero-order chi connectivity index (χ0) is 13.0. The monoisotopic (exact) mass is 240 g/mol. The molecule has 2 aromatic carbocycles. The minimum Gasteiger partial charge on any atom is -0.396 e. The van der Waals surface area contributed by atoms with Crippen molar-refractivity contribution in [3.8, 4) is 0 Å². The molecule has 0 radical (unpaired) electrons. The Balaban J connectivity index is 2.22. The molecular weight excluding hydrogens is 224 g/mol. The van der Waals surface area contributed by atoms with E-state index in [0.717, 1.165) is 5.56 Å². The Hall–Kier alpha value is -1.93. The van der Waals surface area contributed by atoms with Crippen LogP contribution in [-0.4, -0.2) is 17.5 Å². The Morgan fingerprint density at radius 1 is 1.00 bits per heavy atom. The molecule has 0 heterocycles. The first-order valence-electron chi connectivity index (χ1n) is 6.03. The van der Waals surface area contributed by atoms with Gasteiger partial charge >= 0.3 is 0 Å². The van der Waals surface area contributed by atoms with Crippen molar-refractivity contribution in [2.75, 3.05) is 6.61 Å². The van der Waals surface area contributed by atoms with E-state index in [-0.39, 0.29) is 18.3 Å². The molecule has 0 aliphatic heterocycles. The largest absolute Gasteiger partial charge is 0.396 e. The number of carbonyl (C=O) groups is 1. The fourth-order valence-electron chi connectivity index (χ4n) is 1.82. The van der Waals surface area contributed by atoms with Crippen LogP contribution in [0.5, 0.6) is 0 Å². The molecule has 2 heteroatoms. The van der Waals surface area contributed by atoms with Crippen molar-refractivity contribution >= 4 is 5.78 Å². The molecule has 18 heavy (non-hydrogen) atoms. The fourth-order valence-corrected chi connectivity index (χ4v) is 1.82. The third-order valence-electron chi connectivity index (χ3n) is 3.05. The summed E-state index contributed by atoms with van der Waals surface area (Å²) in [5.41, 5.74) is 2.41. The molecule has 0 aliphatic rings. The molecule has 0 saturated carbocycles. The highest BCUT2D eigenvalue weighted by atomic mass is 16.3. The summed E-state index contributed by atoms with van der Waals surface area (Å²) in [6, 6.07) is 16.7. The Morgan fingerprint density at radius 2 is 1.56 bits per heavy atom. The van der Waals surface area contributed by atoms with E-state index in [4.69, 9.17) is 5.11 Å². The second-order valence-electron chi connectivity index (χ2n) is 4.40. The molecule has 0 amide bonds. The van der Waals surface area contributed by atoms with E-state index in [1.165, 1.54) is 0 Å². The van der Waals surface area contributed by atoms with Crippen molar-refractivity contribution < 1.29 is 9.90 Å². The Labute approximate surface area is 107 Å². The smallest absolute Gasteiger partial charge is 0.193 e. The van der Waals surface area contributed by atoms with E-state index < -0.39 is 0 Å². The van der Waals surface area contributed by atoms with E-state index in [0.29, 0.717) is 11.1 Å². The van der Waals surface area contributed by atoms with Crippen LogP contribution in [0, 0.1) is 0 Å². The predicted octanol–water partition coefficient (Wildman–Crippen LogP) is 3.01. The van der Waals surface area contributed by atoms with E-state index in [2.05, 4.69) is 0 Å². The van der Waals surface area contributed by atoms with Crippen molar-refractivity contribution in [2.45, 2.75) is 12.8 Å². The number of carbonyl (C=O) groups excluding carboxylic acids is 1. The zero-order valence-corrected chi connectivity index (χ0v) is 10.3. The molecular formula is C16H16O2. The van der Waals surface area contributed by atoms with Gasteiger partial charge in [0.15, 0.2) is 5.78 Å². The van der Waals surface area contributed by atoms with Crippen LogP contribution in [0.3, 0.4) is 0 Å². The van der Waals surface area contributed by atoms with Crippen molar-refractivity contribution in [1.29, 1.82) is 0 Å². The molecule has 0 aromatic heterocycles. The summed E-state index contributed by atoms with van der Waals surface area (Å²) in [7, 11) is 0. The van der Waals surface area contributed by atoms with E-state index in [1.54, 1.807) is 0 Å². The molecule has 0 spiro atoms. The summed E-state index contributed by atoms with van der Waals surface area (Å²) >= 11 is 0. The second kappa shape index (κ2) is 5.61. The number of benzene rings is 2. The maximum Gasteiger partial charge on any atom is 0.193 e. The van der Waals surface area contributed by atoms with Crippen molar-refractivity contribution in [2.24, 2.45) is 0 Å². The number of aliphatic hydroxyl groups is 1. The molecule has 2 rings (SSSR count). The number of hydrogen-bond donors (Lipinski definition) is 1. The molecule has 1 unspecified atom stereocenters. The van der Waals surface area contributed by atoms with Crippen LogP contribution in [-0.2, 0) is 0 Å². The van der Waals surface area contributed by atoms with Crippen LogP contribution >= 0.6 is 0 Å². The summed E-state index contributed by atoms with van der Waals surface area (Å²) in [5.74, 6) is 0.129. The van der Waals surface area contributed by atoms with Crippen LogP contribution in [0.1, 0.15) is 34.3 Å². The van der Waals surface area contributed by atoms with Crippen LogP contribution in [0.25, 0.3) is 0 Å². The normalized spacial score (nSPS) is 12.1. The summed E-state index contributed by atoms with van der Waals surface area (Å²) in [6.45, 7) is 2.07. The fraction of sp³-hybridized carbons (Fsp3) is 0.188. The van der Waals surface area contributed by atoms with Gasteiger partial charge in [-0.15, -0.1) is 0 Å². The average molecular weight is 240 g/mol. The summed E-state index contributed by atoms with van der Waals surface area (Å²) in [4.78, 5) is 12.1. The molecule has 2 aromatic rings. The maximum atomic E-state index is 12.1. The van der Waals surface area contributed by atoms with E-state index >= 15 is 0 Å². The van der Waals surface area contributed by atoms with Crippen molar-refractivity contribution in [3.63, 3.8) is 0 Å². The SMILES string of the molecule is CC(CO)c1ccc(C(=O)c2ccccc2)cc1. The summed E-state index contributed by atoms with van der Waals surface area (Å²) in [6.07, 6.45) is 0. The first kappa shape index (κ1) is 12.5. The van der Waals surface area contributed by atoms with Gasteiger partial charge in [0.05, 0.1) is 0 Å². The van der Waals surface area contributed by atoms with Crippen LogP contribution in [0.4, 0.5) is 0 Å². The standard InChI is InChI=1S/C16H16O2/c1-12(11-17)13-7-9-15(10-8-13)16(18)14-5-3-2-4-6-14/h2-10,12,17H,11H2,1H3. The van der Waals surface area contributed by atoms with Crippen LogP contribution in [0.15, 0.2) is 54.6 Å². The third-order valence-corrected chi connectivity index (χ3v) is 3.05. The van der Waals surface area contributed by atoms with Gasteiger partial charge < -0.3 is 5.11 Å². The molecule has 0 bridgehead atoms. The molecule has 1 atom stereocenters. The highest BCUT2D eigenvalue weighted by molar-refractivity contribution is 6.08. The lowest BCUT2D eigenvalue weighted by Crippen LogP contribution is -2.03. The van der Waals surface area contributed by atoms with Gasteiger partial charge in [0.25, 0.3) is 0 Å². The first-order valence-corrected chi connectivity index (χ1v) is 6.03. The Bertz CT molecular complexity index is 515. The Morgan fingerprint density at radius 3 is 2.11 bits per heavy atom. The molecule has 1 N–H and O–H groups in total. The van der Waals surface area contributed by atoms with Crippen LogP contribution < -0.4 is 0 Å². The minimum atomic E-state index is 0.0267. The van der Waals surface area contributed by atoms with Gasteiger partial charge in [-0.3, -0.25) is 4.79 Å². The average Bonchev–Trinajstić information content (AvgIpc) is 2.47. The topological polar surface area (TPSA) is 37.3 Å². The quantitative estimate of drug-likeness (QED) is 0.834. The maximum absolute atomic E-state index is 12.1. The molecule has 92 valence electrons. The third kappa shape index (κ3) is 2.66. The molecule has 0 aliphatic carbocycles. The highest BCUT2D eigenvalue weighted by Gasteiger charge is 2.09. The van der Waals surface area contributed by atoms with Crippen molar-refractivity contribution in [1.82, 2.24) is 0 Å². The second-order valence-corrected chi connectivity index (χ2v) is 4.40. The van der Waals surface area contributed by atoms with E-state index in [9.17, 15) is 4.79 Å². The lowest BCUT2D eigenvalue weighted by atomic mass is 9.97. The van der Waals surface area contributed by atoms with Gasteiger partial charge in [-0.2, -0.15) is 0 Å². The minimum absolute atomic E-state index is 0.0267.